The summed E-state index contributed by atoms with van der Waals surface area (Å²) in [6, 6.07) is 0.174. The van der Waals surface area contributed by atoms with Crippen molar-refractivity contribution in [2.45, 2.75) is 45.6 Å². The molecule has 0 saturated carbocycles. The molecule has 0 spiro atoms. The van der Waals surface area contributed by atoms with Crippen molar-refractivity contribution in [3.8, 4) is 0 Å². The van der Waals surface area contributed by atoms with Gasteiger partial charge in [-0.25, -0.2) is 9.97 Å². The molecule has 7 nitrogen and oxygen atoms in total. The highest BCUT2D eigenvalue weighted by molar-refractivity contribution is 5.88. The van der Waals surface area contributed by atoms with Crippen LogP contribution in [0.5, 0.6) is 0 Å². The van der Waals surface area contributed by atoms with Gasteiger partial charge in [-0.1, -0.05) is 20.8 Å². The lowest BCUT2D eigenvalue weighted by Gasteiger charge is -2.29. The second-order valence-corrected chi connectivity index (χ2v) is 7.22. The molecule has 1 atom stereocenters. The van der Waals surface area contributed by atoms with E-state index in [-0.39, 0.29) is 17.4 Å². The Morgan fingerprint density at radius 1 is 1.30 bits per heavy atom. The zero-order valence-corrected chi connectivity index (χ0v) is 14.4. The molecule has 0 unspecified atom stereocenters. The van der Waals surface area contributed by atoms with Crippen molar-refractivity contribution >= 4 is 22.8 Å². The molecular formula is C16H24N6O. The van der Waals surface area contributed by atoms with Gasteiger partial charge in [-0.05, 0) is 6.92 Å². The largest absolute Gasteiger partial charge is 0.354 e. The van der Waals surface area contributed by atoms with E-state index >= 15 is 0 Å². The van der Waals surface area contributed by atoms with Gasteiger partial charge in [-0.15, -0.1) is 0 Å². The highest BCUT2D eigenvalue weighted by Gasteiger charge is 2.27. The highest BCUT2D eigenvalue weighted by Crippen LogP contribution is 2.29. The monoisotopic (exact) mass is 316 g/mol. The summed E-state index contributed by atoms with van der Waals surface area (Å²) in [5, 5.41) is 8.22. The Balaban J connectivity index is 2.17. The summed E-state index contributed by atoms with van der Waals surface area (Å²) in [6.07, 6.45) is 2.28. The van der Waals surface area contributed by atoms with E-state index in [1.807, 2.05) is 13.2 Å². The van der Waals surface area contributed by atoms with Gasteiger partial charge in [0.05, 0.1) is 11.6 Å². The first-order valence-electron chi connectivity index (χ1n) is 8.01. The number of aromatic nitrogens is 4. The molecule has 1 amide bonds. The molecule has 1 saturated heterocycles. The molecule has 124 valence electrons. The topological polar surface area (TPSA) is 75.9 Å². The fourth-order valence-corrected chi connectivity index (χ4v) is 2.78. The van der Waals surface area contributed by atoms with E-state index in [1.165, 1.54) is 0 Å². The van der Waals surface area contributed by atoms with Crippen LogP contribution in [0.15, 0.2) is 6.20 Å². The molecule has 0 aliphatic carbocycles. The normalized spacial score (nSPS) is 19.8. The van der Waals surface area contributed by atoms with E-state index in [4.69, 9.17) is 9.97 Å². The van der Waals surface area contributed by atoms with Gasteiger partial charge in [0.15, 0.2) is 5.65 Å². The van der Waals surface area contributed by atoms with Crippen molar-refractivity contribution in [3.05, 3.63) is 12.0 Å². The number of carbonyl (C=O) groups is 1. The number of carbonyl (C=O) groups excluding carboxylic acids is 1. The smallest absolute Gasteiger partial charge is 0.221 e. The van der Waals surface area contributed by atoms with Crippen molar-refractivity contribution in [1.82, 2.24) is 25.1 Å². The molecule has 1 fully saturated rings. The summed E-state index contributed by atoms with van der Waals surface area (Å²) in [5.41, 5.74) is 0.673. The van der Waals surface area contributed by atoms with Gasteiger partial charge in [0.1, 0.15) is 11.6 Å². The SMILES string of the molecule is C[C@H]1CNC(=O)CCN1c1nc(C(C)(C)C)nc2c1cnn2C. The Labute approximate surface area is 136 Å². The van der Waals surface area contributed by atoms with Gasteiger partial charge >= 0.3 is 0 Å². The summed E-state index contributed by atoms with van der Waals surface area (Å²) >= 11 is 0. The molecule has 0 aromatic carbocycles. The number of hydrogen-bond donors (Lipinski definition) is 1. The number of rotatable bonds is 1. The lowest BCUT2D eigenvalue weighted by atomic mass is 9.95. The molecule has 0 bridgehead atoms. The van der Waals surface area contributed by atoms with E-state index in [0.29, 0.717) is 19.5 Å². The maximum Gasteiger partial charge on any atom is 0.221 e. The van der Waals surface area contributed by atoms with E-state index in [1.54, 1.807) is 4.68 Å². The highest BCUT2D eigenvalue weighted by atomic mass is 16.1. The number of fused-ring (bicyclic) bond motifs is 1. The number of aryl methyl sites for hydroxylation is 1. The van der Waals surface area contributed by atoms with E-state index in [2.05, 4.69) is 43.0 Å². The molecule has 1 aliphatic rings. The minimum absolute atomic E-state index is 0.0897. The van der Waals surface area contributed by atoms with Crippen molar-refractivity contribution < 1.29 is 4.79 Å². The van der Waals surface area contributed by atoms with Crippen LogP contribution in [0.25, 0.3) is 11.0 Å². The van der Waals surface area contributed by atoms with E-state index < -0.39 is 0 Å². The van der Waals surface area contributed by atoms with Crippen molar-refractivity contribution in [1.29, 1.82) is 0 Å². The molecule has 7 heteroatoms. The minimum atomic E-state index is -0.156. The standard InChI is InChI=1S/C16H24N6O/c1-10-8-17-12(23)6-7-22(10)14-11-9-18-21(5)13(11)19-15(20-14)16(2,3)4/h9-10H,6-8H2,1-5H3,(H,17,23)/t10-/m0/s1. The zero-order valence-electron chi connectivity index (χ0n) is 14.4. The van der Waals surface area contributed by atoms with Crippen LogP contribution < -0.4 is 10.2 Å². The quantitative estimate of drug-likeness (QED) is 0.860. The van der Waals surface area contributed by atoms with E-state index in [9.17, 15) is 4.79 Å². The second-order valence-electron chi connectivity index (χ2n) is 7.22. The summed E-state index contributed by atoms with van der Waals surface area (Å²) in [4.78, 5) is 23.5. The number of hydrogen-bond acceptors (Lipinski definition) is 5. The van der Waals surface area contributed by atoms with Crippen LogP contribution in [0.2, 0.25) is 0 Å². The molecule has 1 aliphatic heterocycles. The lowest BCUT2D eigenvalue weighted by molar-refractivity contribution is -0.120. The van der Waals surface area contributed by atoms with Gasteiger partial charge in [0.2, 0.25) is 5.91 Å². The number of nitrogens with zero attached hydrogens (tertiary/aromatic N) is 5. The summed E-state index contributed by atoms with van der Waals surface area (Å²) in [5.74, 6) is 1.75. The second kappa shape index (κ2) is 5.47. The Morgan fingerprint density at radius 3 is 2.74 bits per heavy atom. The molecule has 2 aromatic rings. The minimum Gasteiger partial charge on any atom is -0.354 e. The van der Waals surface area contributed by atoms with Gasteiger partial charge in [0.25, 0.3) is 0 Å². The summed E-state index contributed by atoms with van der Waals surface area (Å²) in [6.45, 7) is 9.68. The van der Waals surface area contributed by atoms with Gasteiger partial charge in [0, 0.05) is 38.0 Å². The van der Waals surface area contributed by atoms with Gasteiger partial charge in [-0.3, -0.25) is 9.48 Å². The number of nitrogens with one attached hydrogen (secondary N) is 1. The predicted octanol–water partition coefficient (Wildman–Crippen LogP) is 1.38. The van der Waals surface area contributed by atoms with Crippen molar-refractivity contribution in [3.63, 3.8) is 0 Å². The first kappa shape index (κ1) is 15.7. The van der Waals surface area contributed by atoms with Crippen LogP contribution in [0, 0.1) is 0 Å². The molecule has 2 aromatic heterocycles. The van der Waals surface area contributed by atoms with Crippen LogP contribution in [0.3, 0.4) is 0 Å². The zero-order chi connectivity index (χ0) is 16.8. The molecule has 3 rings (SSSR count). The average Bonchev–Trinajstić information content (AvgIpc) is 2.77. The number of anilines is 1. The molecule has 3 heterocycles. The van der Waals surface area contributed by atoms with Gasteiger partial charge < -0.3 is 10.2 Å². The first-order valence-corrected chi connectivity index (χ1v) is 8.01. The Kier molecular flexibility index (Phi) is 3.74. The van der Waals surface area contributed by atoms with Gasteiger partial charge in [-0.2, -0.15) is 5.10 Å². The number of amides is 1. The third-order valence-corrected chi connectivity index (χ3v) is 4.22. The van der Waals surface area contributed by atoms with Crippen molar-refractivity contribution in [2.24, 2.45) is 7.05 Å². The maximum absolute atomic E-state index is 11.7. The molecule has 1 N–H and O–H groups in total. The molecule has 0 radical (unpaired) electrons. The van der Waals surface area contributed by atoms with Crippen LogP contribution in [0.1, 0.15) is 39.9 Å². The fourth-order valence-electron chi connectivity index (χ4n) is 2.78. The maximum atomic E-state index is 11.7. The summed E-state index contributed by atoms with van der Waals surface area (Å²) in [7, 11) is 1.89. The third-order valence-electron chi connectivity index (χ3n) is 4.22. The predicted molar refractivity (Wildman–Crippen MR) is 89.4 cm³/mol. The molecule has 23 heavy (non-hydrogen) atoms. The van der Waals surface area contributed by atoms with Crippen LogP contribution in [-0.4, -0.2) is 44.8 Å². The molecular weight excluding hydrogens is 292 g/mol. The van der Waals surface area contributed by atoms with Crippen molar-refractivity contribution in [2.75, 3.05) is 18.0 Å². The Bertz CT molecular complexity index is 745. The van der Waals surface area contributed by atoms with E-state index in [0.717, 1.165) is 22.7 Å². The Morgan fingerprint density at radius 2 is 2.04 bits per heavy atom. The Hall–Kier alpha value is -2.18. The third kappa shape index (κ3) is 2.87. The van der Waals surface area contributed by atoms with Crippen LogP contribution >= 0.6 is 0 Å². The first-order chi connectivity index (χ1) is 10.8. The fraction of sp³-hybridized carbons (Fsp3) is 0.625. The lowest BCUT2D eigenvalue weighted by Crippen LogP contribution is -2.38. The van der Waals surface area contributed by atoms with Crippen LogP contribution in [0.4, 0.5) is 5.82 Å². The summed E-state index contributed by atoms with van der Waals surface area (Å²) < 4.78 is 1.78. The average molecular weight is 316 g/mol. The van der Waals surface area contributed by atoms with Crippen LogP contribution in [-0.2, 0) is 17.3 Å².